The summed E-state index contributed by atoms with van der Waals surface area (Å²) in [4.78, 5) is 16.8. The van der Waals surface area contributed by atoms with Gasteiger partial charge in [-0.05, 0) is 52.5 Å². The van der Waals surface area contributed by atoms with Gasteiger partial charge in [-0.1, -0.05) is 41.9 Å². The Morgan fingerprint density at radius 1 is 1.16 bits per heavy atom. The maximum atomic E-state index is 12.1. The molecule has 31 heavy (non-hydrogen) atoms. The molecule has 156 valence electrons. The lowest BCUT2D eigenvalue weighted by Gasteiger charge is -2.12. The lowest BCUT2D eigenvalue weighted by Crippen LogP contribution is -2.13. The third-order valence-electron chi connectivity index (χ3n) is 5.19. The molecule has 0 saturated heterocycles. The van der Waals surface area contributed by atoms with E-state index >= 15 is 0 Å². The van der Waals surface area contributed by atoms with E-state index in [4.69, 9.17) is 16.6 Å². The number of rotatable bonds is 6. The number of nitrogens with one attached hydrogen (secondary N) is 2. The first-order chi connectivity index (χ1) is 15.1. The van der Waals surface area contributed by atoms with Gasteiger partial charge in [-0.3, -0.25) is 4.79 Å². The molecule has 2 aromatic heterocycles. The minimum Gasteiger partial charge on any atom is -0.366 e. The van der Waals surface area contributed by atoms with Gasteiger partial charge in [0.25, 0.3) is 0 Å². The van der Waals surface area contributed by atoms with Gasteiger partial charge in [0.2, 0.25) is 5.91 Å². The maximum absolute atomic E-state index is 12.1. The van der Waals surface area contributed by atoms with E-state index in [1.165, 1.54) is 0 Å². The second kappa shape index (κ2) is 8.32. The highest BCUT2D eigenvalue weighted by molar-refractivity contribution is 9.10. The standard InChI is InChI=1S/C23H19BrClN5O/c24-18-13-27-30-21(11-20(29-22(18)30)17-6-1-2-7-19(17)25)26-12-14-4-3-5-16(10-14)28-23(31)15-8-9-15/h1-7,10-11,13,15,26H,8-9,12H2,(H,28,31). The molecule has 1 saturated carbocycles. The second-order valence-electron chi connectivity index (χ2n) is 7.55. The Morgan fingerprint density at radius 3 is 2.81 bits per heavy atom. The Kier molecular flexibility index (Phi) is 5.38. The van der Waals surface area contributed by atoms with E-state index in [1.807, 2.05) is 54.6 Å². The number of nitrogens with zero attached hydrogens (tertiary/aromatic N) is 3. The number of hydrogen-bond donors (Lipinski definition) is 2. The van der Waals surface area contributed by atoms with Crippen LogP contribution in [0.25, 0.3) is 16.9 Å². The predicted octanol–water partition coefficient (Wildman–Crippen LogP) is 5.77. The normalized spacial score (nSPS) is 13.4. The molecule has 0 atom stereocenters. The van der Waals surface area contributed by atoms with Gasteiger partial charge in [-0.15, -0.1) is 0 Å². The SMILES string of the molecule is O=C(Nc1cccc(CNc2cc(-c3ccccc3Cl)nc3c(Br)cnn23)c1)C1CC1. The number of anilines is 2. The van der Waals surface area contributed by atoms with E-state index in [2.05, 4.69) is 31.7 Å². The third-order valence-corrected chi connectivity index (χ3v) is 6.08. The molecule has 5 rings (SSSR count). The number of halogens is 2. The topological polar surface area (TPSA) is 71.3 Å². The zero-order chi connectivity index (χ0) is 21.4. The molecule has 4 aromatic rings. The van der Waals surface area contributed by atoms with Crippen molar-refractivity contribution in [1.29, 1.82) is 0 Å². The van der Waals surface area contributed by atoms with Gasteiger partial charge in [0.15, 0.2) is 5.65 Å². The number of amides is 1. The molecule has 1 aliphatic rings. The van der Waals surface area contributed by atoms with Crippen LogP contribution in [0.5, 0.6) is 0 Å². The van der Waals surface area contributed by atoms with Gasteiger partial charge >= 0.3 is 0 Å². The number of fused-ring (bicyclic) bond motifs is 1. The Bertz CT molecular complexity index is 1280. The summed E-state index contributed by atoms with van der Waals surface area (Å²) < 4.78 is 2.55. The molecule has 0 unspecified atom stereocenters. The molecule has 2 aromatic carbocycles. The lowest BCUT2D eigenvalue weighted by atomic mass is 10.1. The van der Waals surface area contributed by atoms with Crippen LogP contribution >= 0.6 is 27.5 Å². The van der Waals surface area contributed by atoms with Crippen molar-refractivity contribution in [3.05, 3.63) is 75.9 Å². The van der Waals surface area contributed by atoms with Gasteiger partial charge < -0.3 is 10.6 Å². The third kappa shape index (κ3) is 4.29. The van der Waals surface area contributed by atoms with Crippen LogP contribution in [-0.4, -0.2) is 20.5 Å². The molecule has 6 nitrogen and oxygen atoms in total. The predicted molar refractivity (Wildman–Crippen MR) is 126 cm³/mol. The Morgan fingerprint density at radius 2 is 2.00 bits per heavy atom. The number of hydrogen-bond acceptors (Lipinski definition) is 4. The van der Waals surface area contributed by atoms with Crippen LogP contribution in [-0.2, 0) is 11.3 Å². The number of carbonyl (C=O) groups is 1. The fraction of sp³-hybridized carbons (Fsp3) is 0.174. The van der Waals surface area contributed by atoms with Crippen molar-refractivity contribution in [3.63, 3.8) is 0 Å². The van der Waals surface area contributed by atoms with E-state index in [-0.39, 0.29) is 11.8 Å². The Balaban J connectivity index is 1.43. The zero-order valence-electron chi connectivity index (χ0n) is 16.5. The number of benzene rings is 2. The first-order valence-corrected chi connectivity index (χ1v) is 11.2. The minimum absolute atomic E-state index is 0.103. The van der Waals surface area contributed by atoms with Crippen molar-refractivity contribution in [3.8, 4) is 11.3 Å². The van der Waals surface area contributed by atoms with Gasteiger partial charge in [0.05, 0.1) is 16.4 Å². The van der Waals surface area contributed by atoms with Gasteiger partial charge in [0.1, 0.15) is 5.82 Å². The molecule has 1 amide bonds. The summed E-state index contributed by atoms with van der Waals surface area (Å²) in [5.74, 6) is 1.07. The molecule has 0 aliphatic heterocycles. The molecule has 2 heterocycles. The molecular weight excluding hydrogens is 478 g/mol. The highest BCUT2D eigenvalue weighted by Gasteiger charge is 2.29. The molecule has 8 heteroatoms. The summed E-state index contributed by atoms with van der Waals surface area (Å²) in [6.07, 6.45) is 3.69. The van der Waals surface area contributed by atoms with Crippen LogP contribution in [0.3, 0.4) is 0 Å². The lowest BCUT2D eigenvalue weighted by molar-refractivity contribution is -0.117. The second-order valence-corrected chi connectivity index (χ2v) is 8.81. The smallest absolute Gasteiger partial charge is 0.227 e. The molecule has 2 N–H and O–H groups in total. The molecule has 0 bridgehead atoms. The van der Waals surface area contributed by atoms with E-state index in [1.54, 1.807) is 10.7 Å². The first kappa shape index (κ1) is 20.0. The van der Waals surface area contributed by atoms with Crippen molar-refractivity contribution in [2.75, 3.05) is 10.6 Å². The van der Waals surface area contributed by atoms with Crippen molar-refractivity contribution in [2.24, 2.45) is 5.92 Å². The zero-order valence-corrected chi connectivity index (χ0v) is 18.8. The van der Waals surface area contributed by atoms with E-state index in [9.17, 15) is 4.79 Å². The molecular formula is C23H19BrClN5O. The number of aromatic nitrogens is 3. The van der Waals surface area contributed by atoms with E-state index in [0.717, 1.165) is 45.6 Å². The highest BCUT2D eigenvalue weighted by atomic mass is 79.9. The summed E-state index contributed by atoms with van der Waals surface area (Å²) in [6.45, 7) is 0.561. The van der Waals surface area contributed by atoms with Crippen LogP contribution in [0.1, 0.15) is 18.4 Å². The molecule has 0 spiro atoms. The highest BCUT2D eigenvalue weighted by Crippen LogP contribution is 2.31. The summed E-state index contributed by atoms with van der Waals surface area (Å²) in [5, 5.41) is 11.5. The van der Waals surface area contributed by atoms with Crippen LogP contribution < -0.4 is 10.6 Å². The molecule has 0 radical (unpaired) electrons. The molecule has 1 fully saturated rings. The summed E-state index contributed by atoms with van der Waals surface area (Å²) >= 11 is 9.93. The van der Waals surface area contributed by atoms with Gasteiger partial charge in [-0.2, -0.15) is 9.61 Å². The van der Waals surface area contributed by atoms with Crippen LogP contribution in [0.4, 0.5) is 11.5 Å². The van der Waals surface area contributed by atoms with Crippen LogP contribution in [0, 0.1) is 5.92 Å². The summed E-state index contributed by atoms with van der Waals surface area (Å²) in [7, 11) is 0. The van der Waals surface area contributed by atoms with Crippen molar-refractivity contribution in [1.82, 2.24) is 14.6 Å². The van der Waals surface area contributed by atoms with Crippen molar-refractivity contribution < 1.29 is 4.79 Å². The first-order valence-electron chi connectivity index (χ1n) is 10.0. The van der Waals surface area contributed by atoms with Crippen LogP contribution in [0.15, 0.2) is 65.3 Å². The largest absolute Gasteiger partial charge is 0.366 e. The van der Waals surface area contributed by atoms with Crippen molar-refractivity contribution >= 4 is 50.6 Å². The Hall–Kier alpha value is -2.90. The minimum atomic E-state index is 0.103. The summed E-state index contributed by atoms with van der Waals surface area (Å²) in [6, 6.07) is 17.4. The summed E-state index contributed by atoms with van der Waals surface area (Å²) in [5.41, 5.74) is 4.17. The monoisotopic (exact) mass is 495 g/mol. The van der Waals surface area contributed by atoms with Crippen LogP contribution in [0.2, 0.25) is 5.02 Å². The fourth-order valence-electron chi connectivity index (χ4n) is 3.41. The van der Waals surface area contributed by atoms with E-state index < -0.39 is 0 Å². The molecule has 1 aliphatic carbocycles. The number of carbonyl (C=O) groups excluding carboxylic acids is 1. The maximum Gasteiger partial charge on any atom is 0.227 e. The Labute approximate surface area is 192 Å². The average Bonchev–Trinajstić information content (AvgIpc) is 3.56. The van der Waals surface area contributed by atoms with E-state index in [0.29, 0.717) is 17.2 Å². The quantitative estimate of drug-likeness (QED) is 0.355. The van der Waals surface area contributed by atoms with Gasteiger partial charge in [-0.25, -0.2) is 4.98 Å². The fourth-order valence-corrected chi connectivity index (χ4v) is 3.99. The van der Waals surface area contributed by atoms with Crippen molar-refractivity contribution in [2.45, 2.75) is 19.4 Å². The van der Waals surface area contributed by atoms with Gasteiger partial charge in [0, 0.05) is 34.8 Å². The average molecular weight is 497 g/mol.